The number of halogens is 2. The number of hydrogen-bond acceptors (Lipinski definition) is 9. The quantitative estimate of drug-likeness (QED) is 0.366. The Labute approximate surface area is 181 Å². The zero-order chi connectivity index (χ0) is 21.4. The van der Waals surface area contributed by atoms with Gasteiger partial charge >= 0.3 is 0 Å². The lowest BCUT2D eigenvalue weighted by atomic mass is 10.1. The van der Waals surface area contributed by atoms with Gasteiger partial charge in [-0.1, -0.05) is 29.3 Å². The number of nitrogens with zero attached hydrogens (tertiary/aromatic N) is 4. The number of benzene rings is 1. The molecule has 30 heavy (non-hydrogen) atoms. The Balaban J connectivity index is 1.55. The summed E-state index contributed by atoms with van der Waals surface area (Å²) in [5.41, 5.74) is 7.58. The van der Waals surface area contributed by atoms with Crippen LogP contribution in [0.25, 0.3) is 11.2 Å². The fourth-order valence-corrected chi connectivity index (χ4v) is 3.85. The summed E-state index contributed by atoms with van der Waals surface area (Å²) in [6.45, 7) is 0.0484. The number of nitrogens with two attached hydrogens (primary N) is 1. The lowest BCUT2D eigenvalue weighted by molar-refractivity contribution is -0.0511. The summed E-state index contributed by atoms with van der Waals surface area (Å²) < 4.78 is 7.01. The normalized spacial score (nSPS) is 23.9. The standard InChI is InChI=1S/C18H20Cl2N6O4/c19-9-2-1-8(10(20)5-9)3-4-22-18-24-15(21)12-16(25-18)26(7-23-12)17-14(29)13(28)11(6-27)30-17/h1-2,5,7,11,13-14,17,27-29H,3-4,6H2,(H3,21,22,24,25)/t11-,13-,14-,17?/m1/s1. The van der Waals surface area contributed by atoms with Gasteiger partial charge in [-0.2, -0.15) is 9.97 Å². The zero-order valence-corrected chi connectivity index (χ0v) is 17.1. The number of nitrogen functional groups attached to an aromatic ring is 1. The van der Waals surface area contributed by atoms with Gasteiger partial charge in [0, 0.05) is 16.6 Å². The van der Waals surface area contributed by atoms with Crippen LogP contribution in [0.15, 0.2) is 24.5 Å². The summed E-state index contributed by atoms with van der Waals surface area (Å²) in [5, 5.41) is 33.8. The van der Waals surface area contributed by atoms with Crippen LogP contribution < -0.4 is 11.1 Å². The van der Waals surface area contributed by atoms with E-state index in [9.17, 15) is 15.3 Å². The highest BCUT2D eigenvalue weighted by atomic mass is 35.5. The van der Waals surface area contributed by atoms with Crippen molar-refractivity contribution in [2.45, 2.75) is 31.0 Å². The van der Waals surface area contributed by atoms with Crippen LogP contribution in [0.1, 0.15) is 11.8 Å². The predicted molar refractivity (Wildman–Crippen MR) is 111 cm³/mol. The van der Waals surface area contributed by atoms with E-state index < -0.39 is 31.1 Å². The van der Waals surface area contributed by atoms with Crippen LogP contribution >= 0.6 is 23.2 Å². The molecule has 3 heterocycles. The van der Waals surface area contributed by atoms with Crippen LogP contribution in [0.5, 0.6) is 0 Å². The molecule has 0 amide bonds. The average Bonchev–Trinajstić information content (AvgIpc) is 3.25. The van der Waals surface area contributed by atoms with E-state index in [0.717, 1.165) is 5.56 Å². The molecule has 160 valence electrons. The van der Waals surface area contributed by atoms with Crippen LogP contribution in [0, 0.1) is 0 Å². The number of aromatic nitrogens is 4. The third kappa shape index (κ3) is 3.89. The molecule has 0 radical (unpaired) electrons. The number of nitrogens with one attached hydrogen (secondary N) is 1. The fourth-order valence-electron chi connectivity index (χ4n) is 3.35. The lowest BCUT2D eigenvalue weighted by Gasteiger charge is -2.17. The van der Waals surface area contributed by atoms with Gasteiger partial charge in [0.2, 0.25) is 5.95 Å². The molecule has 1 saturated heterocycles. The number of fused-ring (bicyclic) bond motifs is 1. The molecule has 1 unspecified atom stereocenters. The van der Waals surface area contributed by atoms with Crippen molar-refractivity contribution < 1.29 is 20.1 Å². The molecule has 1 aliphatic heterocycles. The van der Waals surface area contributed by atoms with Gasteiger partial charge in [-0.15, -0.1) is 0 Å². The average molecular weight is 455 g/mol. The van der Waals surface area contributed by atoms with Gasteiger partial charge in [0.05, 0.1) is 12.9 Å². The van der Waals surface area contributed by atoms with Crippen molar-refractivity contribution in [3.05, 3.63) is 40.1 Å². The maximum absolute atomic E-state index is 10.3. The summed E-state index contributed by atoms with van der Waals surface area (Å²) in [6, 6.07) is 5.29. The molecule has 6 N–H and O–H groups in total. The third-order valence-electron chi connectivity index (χ3n) is 4.93. The molecule has 1 fully saturated rings. The highest BCUT2D eigenvalue weighted by Crippen LogP contribution is 2.32. The van der Waals surface area contributed by atoms with Gasteiger partial charge in [0.15, 0.2) is 17.7 Å². The second-order valence-electron chi connectivity index (χ2n) is 6.90. The minimum absolute atomic E-state index is 0.150. The van der Waals surface area contributed by atoms with Gasteiger partial charge in [0.1, 0.15) is 23.8 Å². The van der Waals surface area contributed by atoms with Crippen molar-refractivity contribution in [1.82, 2.24) is 19.5 Å². The van der Waals surface area contributed by atoms with Crippen LogP contribution in [0.4, 0.5) is 11.8 Å². The SMILES string of the molecule is Nc1nc(NCCc2ccc(Cl)cc2Cl)nc2c1ncn2C1O[C@H](CO)[C@@H](O)[C@H]1O. The molecular weight excluding hydrogens is 435 g/mol. The second kappa shape index (κ2) is 8.50. The first kappa shape index (κ1) is 21.0. The van der Waals surface area contributed by atoms with Gasteiger partial charge in [-0.3, -0.25) is 4.57 Å². The Morgan fingerprint density at radius 2 is 2.00 bits per heavy atom. The maximum Gasteiger partial charge on any atom is 0.226 e. The molecule has 12 heteroatoms. The Hall–Kier alpha value is -2.21. The molecule has 0 bridgehead atoms. The first-order chi connectivity index (χ1) is 14.4. The van der Waals surface area contributed by atoms with E-state index in [1.807, 2.05) is 6.07 Å². The summed E-state index contributed by atoms with van der Waals surface area (Å²) in [6.07, 6.45) is -2.39. The number of aliphatic hydroxyl groups excluding tert-OH is 3. The van der Waals surface area contributed by atoms with Crippen LogP contribution in [-0.4, -0.2) is 66.3 Å². The summed E-state index contributed by atoms with van der Waals surface area (Å²) in [4.78, 5) is 12.8. The number of rotatable bonds is 6. The number of ether oxygens (including phenoxy) is 1. The molecule has 4 rings (SSSR count). The van der Waals surface area contributed by atoms with Crippen LogP contribution in [-0.2, 0) is 11.2 Å². The number of imidazole rings is 1. The molecule has 2 aromatic heterocycles. The predicted octanol–water partition coefficient (Wildman–Crippen LogP) is 0.981. The molecular formula is C18H20Cl2N6O4. The maximum atomic E-state index is 10.3. The monoisotopic (exact) mass is 454 g/mol. The van der Waals surface area contributed by atoms with E-state index in [-0.39, 0.29) is 11.8 Å². The molecule has 4 atom stereocenters. The second-order valence-corrected chi connectivity index (χ2v) is 7.74. The van der Waals surface area contributed by atoms with Crippen molar-refractivity contribution in [3.63, 3.8) is 0 Å². The van der Waals surface area contributed by atoms with E-state index in [1.54, 1.807) is 12.1 Å². The molecule has 0 spiro atoms. The minimum Gasteiger partial charge on any atom is -0.394 e. The van der Waals surface area contributed by atoms with Gasteiger partial charge in [-0.25, -0.2) is 4.98 Å². The number of aliphatic hydroxyl groups is 3. The lowest BCUT2D eigenvalue weighted by Crippen LogP contribution is -2.33. The zero-order valence-electron chi connectivity index (χ0n) is 15.6. The molecule has 1 aromatic carbocycles. The van der Waals surface area contributed by atoms with E-state index >= 15 is 0 Å². The fraction of sp³-hybridized carbons (Fsp3) is 0.389. The van der Waals surface area contributed by atoms with Crippen LogP contribution in [0.2, 0.25) is 10.0 Å². The molecule has 1 aliphatic rings. The smallest absolute Gasteiger partial charge is 0.226 e. The molecule has 3 aromatic rings. The Morgan fingerprint density at radius 3 is 2.70 bits per heavy atom. The van der Waals surface area contributed by atoms with Crippen molar-refractivity contribution >= 4 is 46.1 Å². The third-order valence-corrected chi connectivity index (χ3v) is 5.52. The molecule has 0 saturated carbocycles. The van der Waals surface area contributed by atoms with E-state index in [4.69, 9.17) is 33.7 Å². The molecule has 10 nitrogen and oxygen atoms in total. The van der Waals surface area contributed by atoms with E-state index in [2.05, 4.69) is 20.3 Å². The van der Waals surface area contributed by atoms with Crippen LogP contribution in [0.3, 0.4) is 0 Å². The highest BCUT2D eigenvalue weighted by Gasteiger charge is 2.44. The number of hydrogen-bond donors (Lipinski definition) is 5. The first-order valence-electron chi connectivity index (χ1n) is 9.19. The Bertz CT molecular complexity index is 1060. The minimum atomic E-state index is -1.26. The van der Waals surface area contributed by atoms with Crippen molar-refractivity contribution in [2.24, 2.45) is 0 Å². The Kier molecular flexibility index (Phi) is 5.96. The topological polar surface area (TPSA) is 152 Å². The van der Waals surface area contributed by atoms with Gasteiger partial charge in [0.25, 0.3) is 0 Å². The van der Waals surface area contributed by atoms with Crippen molar-refractivity contribution in [3.8, 4) is 0 Å². The van der Waals surface area contributed by atoms with E-state index in [0.29, 0.717) is 34.2 Å². The van der Waals surface area contributed by atoms with Gasteiger partial charge in [-0.05, 0) is 24.1 Å². The van der Waals surface area contributed by atoms with Crippen molar-refractivity contribution in [2.75, 3.05) is 24.2 Å². The summed E-state index contributed by atoms with van der Waals surface area (Å²) in [5.74, 6) is 0.413. The number of anilines is 2. The highest BCUT2D eigenvalue weighted by molar-refractivity contribution is 6.35. The summed E-state index contributed by atoms with van der Waals surface area (Å²) >= 11 is 12.1. The largest absolute Gasteiger partial charge is 0.394 e. The Morgan fingerprint density at radius 1 is 1.20 bits per heavy atom. The molecule has 0 aliphatic carbocycles. The van der Waals surface area contributed by atoms with Crippen molar-refractivity contribution in [1.29, 1.82) is 0 Å². The summed E-state index contributed by atoms with van der Waals surface area (Å²) in [7, 11) is 0. The van der Waals surface area contributed by atoms with E-state index in [1.165, 1.54) is 10.9 Å². The van der Waals surface area contributed by atoms with Gasteiger partial charge < -0.3 is 31.1 Å². The first-order valence-corrected chi connectivity index (χ1v) is 9.95.